The van der Waals surface area contributed by atoms with E-state index in [0.29, 0.717) is 25.1 Å². The van der Waals surface area contributed by atoms with Gasteiger partial charge in [0.25, 0.3) is 0 Å². The van der Waals surface area contributed by atoms with Gasteiger partial charge in [-0.2, -0.15) is 0 Å². The second-order valence-electron chi connectivity index (χ2n) is 6.19. The minimum atomic E-state index is 0.618. The molecule has 2 N–H and O–H groups in total. The van der Waals surface area contributed by atoms with Crippen molar-refractivity contribution in [3.8, 4) is 5.75 Å². The normalized spacial score (nSPS) is 19.0. The largest absolute Gasteiger partial charge is 0.497 e. The van der Waals surface area contributed by atoms with Gasteiger partial charge in [0.15, 0.2) is 5.96 Å². The summed E-state index contributed by atoms with van der Waals surface area (Å²) in [5, 5.41) is 0. The van der Waals surface area contributed by atoms with Gasteiger partial charge in [-0.15, -0.1) is 0 Å². The molecule has 1 aromatic rings. The van der Waals surface area contributed by atoms with E-state index in [1.54, 1.807) is 7.11 Å². The summed E-state index contributed by atoms with van der Waals surface area (Å²) >= 11 is 0. The number of benzene rings is 1. The van der Waals surface area contributed by atoms with E-state index in [4.69, 9.17) is 15.2 Å². The number of guanidine groups is 1. The minimum absolute atomic E-state index is 0.618. The van der Waals surface area contributed by atoms with E-state index in [1.165, 1.54) is 12.8 Å². The molecule has 0 aliphatic carbocycles. The second kappa shape index (κ2) is 9.40. The van der Waals surface area contributed by atoms with Gasteiger partial charge in [0.1, 0.15) is 5.75 Å². The molecular weight excluding hydrogens is 290 g/mol. The van der Waals surface area contributed by atoms with Crippen LogP contribution in [0.1, 0.15) is 31.7 Å². The van der Waals surface area contributed by atoms with Gasteiger partial charge in [-0.3, -0.25) is 4.99 Å². The van der Waals surface area contributed by atoms with Crippen LogP contribution in [0.25, 0.3) is 0 Å². The van der Waals surface area contributed by atoms with Crippen LogP contribution in [0.2, 0.25) is 0 Å². The summed E-state index contributed by atoms with van der Waals surface area (Å²) in [6.45, 7) is 6.37. The quantitative estimate of drug-likeness (QED) is 0.477. The van der Waals surface area contributed by atoms with Crippen LogP contribution in [0.5, 0.6) is 5.75 Å². The first-order chi connectivity index (χ1) is 11.2. The fourth-order valence-corrected chi connectivity index (χ4v) is 2.77. The number of aliphatic imine (C=N–C) groups is 1. The molecule has 1 fully saturated rings. The maximum atomic E-state index is 6.07. The topological polar surface area (TPSA) is 60.1 Å². The van der Waals surface area contributed by atoms with Gasteiger partial charge in [0.05, 0.1) is 13.7 Å². The average molecular weight is 319 g/mol. The smallest absolute Gasteiger partial charge is 0.191 e. The molecule has 2 rings (SSSR count). The zero-order chi connectivity index (χ0) is 16.5. The molecule has 1 atom stereocenters. The number of piperidine rings is 1. The number of methoxy groups -OCH3 is 1. The summed E-state index contributed by atoms with van der Waals surface area (Å²) in [6.07, 6.45) is 3.39. The molecule has 0 aromatic heterocycles. The number of hydrogen-bond donors (Lipinski definition) is 1. The van der Waals surface area contributed by atoms with Crippen LogP contribution >= 0.6 is 0 Å². The summed E-state index contributed by atoms with van der Waals surface area (Å²) in [5.41, 5.74) is 7.22. The first-order valence-corrected chi connectivity index (χ1v) is 8.44. The first kappa shape index (κ1) is 17.6. The molecule has 128 valence electrons. The monoisotopic (exact) mass is 319 g/mol. The van der Waals surface area contributed by atoms with Crippen molar-refractivity contribution in [2.75, 3.05) is 33.4 Å². The minimum Gasteiger partial charge on any atom is -0.497 e. The lowest BCUT2D eigenvalue weighted by Gasteiger charge is -2.31. The van der Waals surface area contributed by atoms with E-state index in [9.17, 15) is 0 Å². The lowest BCUT2D eigenvalue weighted by Crippen LogP contribution is -2.43. The fraction of sp³-hybridized carbons (Fsp3) is 0.611. The molecule has 1 aliphatic rings. The van der Waals surface area contributed by atoms with E-state index >= 15 is 0 Å². The van der Waals surface area contributed by atoms with Crippen molar-refractivity contribution in [3.05, 3.63) is 29.8 Å². The van der Waals surface area contributed by atoms with Crippen LogP contribution in [0.4, 0.5) is 0 Å². The fourth-order valence-electron chi connectivity index (χ4n) is 2.77. The van der Waals surface area contributed by atoms with Gasteiger partial charge in [-0.05, 0) is 42.9 Å². The molecule has 5 nitrogen and oxygen atoms in total. The van der Waals surface area contributed by atoms with Gasteiger partial charge in [-0.25, -0.2) is 0 Å². The molecule has 0 bridgehead atoms. The zero-order valence-corrected chi connectivity index (χ0v) is 14.3. The van der Waals surface area contributed by atoms with Crippen molar-refractivity contribution in [1.29, 1.82) is 0 Å². The Kier molecular flexibility index (Phi) is 7.20. The molecule has 0 amide bonds. The third-order valence-electron chi connectivity index (χ3n) is 4.13. The summed E-state index contributed by atoms with van der Waals surface area (Å²) in [5.74, 6) is 2.27. The van der Waals surface area contributed by atoms with E-state index in [1.807, 2.05) is 24.3 Å². The van der Waals surface area contributed by atoms with Crippen LogP contribution in [-0.2, 0) is 11.3 Å². The van der Waals surface area contributed by atoms with E-state index < -0.39 is 0 Å². The first-order valence-electron chi connectivity index (χ1n) is 8.44. The van der Waals surface area contributed by atoms with Crippen LogP contribution in [0.3, 0.4) is 0 Å². The SMILES string of the molecule is COc1ccc(COCCCN=C(N)N2CCCC(C)C2)cc1. The van der Waals surface area contributed by atoms with Crippen LogP contribution < -0.4 is 10.5 Å². The molecule has 1 aliphatic heterocycles. The molecule has 23 heavy (non-hydrogen) atoms. The van der Waals surface area contributed by atoms with Crippen molar-refractivity contribution < 1.29 is 9.47 Å². The van der Waals surface area contributed by atoms with E-state index in [2.05, 4.69) is 16.8 Å². The Morgan fingerprint density at radius 2 is 2.13 bits per heavy atom. The molecule has 0 spiro atoms. The van der Waals surface area contributed by atoms with E-state index in [0.717, 1.165) is 37.4 Å². The molecular formula is C18H29N3O2. The van der Waals surface area contributed by atoms with Crippen LogP contribution in [-0.4, -0.2) is 44.2 Å². The van der Waals surface area contributed by atoms with Crippen molar-refractivity contribution >= 4 is 5.96 Å². The predicted molar refractivity (Wildman–Crippen MR) is 93.7 cm³/mol. The second-order valence-corrected chi connectivity index (χ2v) is 6.19. The molecule has 1 aromatic carbocycles. The molecule has 1 unspecified atom stereocenters. The highest BCUT2D eigenvalue weighted by atomic mass is 16.5. The van der Waals surface area contributed by atoms with Crippen molar-refractivity contribution in [2.24, 2.45) is 16.6 Å². The highest BCUT2D eigenvalue weighted by Gasteiger charge is 2.17. The van der Waals surface area contributed by atoms with Gasteiger partial charge in [0.2, 0.25) is 0 Å². The highest BCUT2D eigenvalue weighted by Crippen LogP contribution is 2.15. The Balaban J connectivity index is 1.60. The lowest BCUT2D eigenvalue weighted by molar-refractivity contribution is 0.120. The summed E-state index contributed by atoms with van der Waals surface area (Å²) in [6, 6.07) is 7.94. The number of nitrogens with two attached hydrogens (primary N) is 1. The van der Waals surface area contributed by atoms with Gasteiger partial charge in [-0.1, -0.05) is 19.1 Å². The maximum absolute atomic E-state index is 6.07. The number of ether oxygens (including phenoxy) is 2. The van der Waals surface area contributed by atoms with Crippen molar-refractivity contribution in [1.82, 2.24) is 4.90 Å². The van der Waals surface area contributed by atoms with E-state index in [-0.39, 0.29) is 0 Å². The Hall–Kier alpha value is -1.75. The van der Waals surface area contributed by atoms with Crippen molar-refractivity contribution in [3.63, 3.8) is 0 Å². The highest BCUT2D eigenvalue weighted by molar-refractivity contribution is 5.78. The predicted octanol–water partition coefficient (Wildman–Crippen LogP) is 2.65. The van der Waals surface area contributed by atoms with Gasteiger partial charge < -0.3 is 20.1 Å². The maximum Gasteiger partial charge on any atom is 0.191 e. The third-order valence-corrected chi connectivity index (χ3v) is 4.13. The van der Waals surface area contributed by atoms with Gasteiger partial charge >= 0.3 is 0 Å². The zero-order valence-electron chi connectivity index (χ0n) is 14.3. The average Bonchev–Trinajstić information content (AvgIpc) is 2.58. The molecule has 0 saturated carbocycles. The number of rotatable bonds is 7. The van der Waals surface area contributed by atoms with Crippen molar-refractivity contribution in [2.45, 2.75) is 32.8 Å². The Labute approximate surface area is 139 Å². The summed E-state index contributed by atoms with van der Waals surface area (Å²) < 4.78 is 10.8. The standard InChI is InChI=1S/C18H29N3O2/c1-15-5-3-11-21(13-15)18(19)20-10-4-12-23-14-16-6-8-17(22-2)9-7-16/h6-9,15H,3-5,10-14H2,1-2H3,(H2,19,20). The number of likely N-dealkylation sites (tertiary alicyclic amines) is 1. The number of hydrogen-bond acceptors (Lipinski definition) is 3. The summed E-state index contributed by atoms with van der Waals surface area (Å²) in [4.78, 5) is 6.67. The molecule has 1 saturated heterocycles. The molecule has 5 heteroatoms. The van der Waals surface area contributed by atoms with Crippen LogP contribution in [0, 0.1) is 5.92 Å². The summed E-state index contributed by atoms with van der Waals surface area (Å²) in [7, 11) is 1.67. The molecule has 0 radical (unpaired) electrons. The van der Waals surface area contributed by atoms with Gasteiger partial charge in [0, 0.05) is 26.2 Å². The van der Waals surface area contributed by atoms with Crippen LogP contribution in [0.15, 0.2) is 29.3 Å². The Morgan fingerprint density at radius 3 is 2.83 bits per heavy atom. The third kappa shape index (κ3) is 6.10. The number of nitrogens with zero attached hydrogens (tertiary/aromatic N) is 2. The molecule has 1 heterocycles. The lowest BCUT2D eigenvalue weighted by atomic mass is 10.0. The Bertz CT molecular complexity index is 488. The Morgan fingerprint density at radius 1 is 1.35 bits per heavy atom.